The molecule has 2 unspecified atom stereocenters. The van der Waals surface area contributed by atoms with Gasteiger partial charge in [0, 0.05) is 6.04 Å². The Labute approximate surface area is 80.1 Å². The van der Waals surface area contributed by atoms with E-state index >= 15 is 0 Å². The third kappa shape index (κ3) is 4.06. The minimum atomic E-state index is -3.51. The van der Waals surface area contributed by atoms with Crippen LogP contribution >= 0.6 is 0 Å². The highest BCUT2D eigenvalue weighted by Crippen LogP contribution is 2.26. The monoisotopic (exact) mass is 206 g/mol. The first-order valence-corrected chi connectivity index (χ1v) is 6.36. The van der Waals surface area contributed by atoms with Crippen LogP contribution in [0.5, 0.6) is 0 Å². The minimum absolute atomic E-state index is 0.0636. The van der Waals surface area contributed by atoms with E-state index in [1.165, 1.54) is 6.42 Å². The van der Waals surface area contributed by atoms with Gasteiger partial charge in [0.25, 0.3) is 10.2 Å². The Kier molecular flexibility index (Phi) is 3.70. The van der Waals surface area contributed by atoms with Gasteiger partial charge in [-0.3, -0.25) is 0 Å². The highest BCUT2D eigenvalue weighted by molar-refractivity contribution is 7.87. The molecule has 1 rings (SSSR count). The molecule has 1 aliphatic carbocycles. The van der Waals surface area contributed by atoms with Gasteiger partial charge in [-0.2, -0.15) is 13.1 Å². The fourth-order valence-corrected chi connectivity index (χ4v) is 2.68. The summed E-state index contributed by atoms with van der Waals surface area (Å²) in [5.41, 5.74) is 0. The van der Waals surface area contributed by atoms with Crippen molar-refractivity contribution in [2.45, 2.75) is 45.1 Å². The highest BCUT2D eigenvalue weighted by atomic mass is 32.2. The summed E-state index contributed by atoms with van der Waals surface area (Å²) in [4.78, 5) is 0. The van der Waals surface area contributed by atoms with Crippen molar-refractivity contribution >= 4 is 10.2 Å². The summed E-state index contributed by atoms with van der Waals surface area (Å²) in [6.07, 6.45) is 5.31. The van der Waals surface area contributed by atoms with Crippen molar-refractivity contribution in [1.29, 1.82) is 0 Å². The predicted molar refractivity (Wildman–Crippen MR) is 52.3 cm³/mol. The molecule has 1 saturated carbocycles. The van der Waals surface area contributed by atoms with E-state index in [4.69, 9.17) is 5.14 Å². The fraction of sp³-hybridized carbons (Fsp3) is 1.00. The number of nitrogens with two attached hydrogens (primary N) is 1. The van der Waals surface area contributed by atoms with Gasteiger partial charge >= 0.3 is 0 Å². The maximum absolute atomic E-state index is 10.8. The molecular formula is C8H18N2O2S. The molecule has 2 atom stereocenters. The summed E-state index contributed by atoms with van der Waals surface area (Å²) >= 11 is 0. The van der Waals surface area contributed by atoms with Crippen molar-refractivity contribution < 1.29 is 8.42 Å². The molecule has 78 valence electrons. The standard InChI is InChI=1S/C8H18N2O2S/c1-2-7-4-3-5-8(6-7)10-13(9,11)12/h7-8,10H,2-6H2,1H3,(H2,9,11,12). The van der Waals surface area contributed by atoms with Crippen LogP contribution in [0.2, 0.25) is 0 Å². The largest absolute Gasteiger partial charge is 0.274 e. The molecule has 0 aromatic rings. The fourth-order valence-electron chi connectivity index (χ4n) is 2.00. The van der Waals surface area contributed by atoms with Gasteiger partial charge in [0.05, 0.1) is 0 Å². The molecule has 0 heterocycles. The van der Waals surface area contributed by atoms with E-state index in [1.807, 2.05) is 0 Å². The van der Waals surface area contributed by atoms with E-state index in [0.29, 0.717) is 5.92 Å². The van der Waals surface area contributed by atoms with Crippen LogP contribution in [0, 0.1) is 5.92 Å². The van der Waals surface area contributed by atoms with Gasteiger partial charge in [0.2, 0.25) is 0 Å². The number of nitrogens with one attached hydrogen (secondary N) is 1. The molecule has 0 aromatic heterocycles. The second-order valence-electron chi connectivity index (χ2n) is 3.80. The summed E-state index contributed by atoms with van der Waals surface area (Å²) in [7, 11) is -3.51. The molecule has 1 fully saturated rings. The smallest absolute Gasteiger partial charge is 0.216 e. The molecule has 5 heteroatoms. The third-order valence-electron chi connectivity index (χ3n) is 2.69. The molecule has 4 nitrogen and oxygen atoms in total. The molecular weight excluding hydrogens is 188 g/mol. The van der Waals surface area contributed by atoms with E-state index < -0.39 is 10.2 Å². The van der Waals surface area contributed by atoms with E-state index in [0.717, 1.165) is 25.7 Å². The van der Waals surface area contributed by atoms with Crippen molar-refractivity contribution in [2.75, 3.05) is 0 Å². The topological polar surface area (TPSA) is 72.2 Å². The Hall–Kier alpha value is -0.130. The molecule has 0 spiro atoms. The Morgan fingerprint density at radius 1 is 1.46 bits per heavy atom. The molecule has 1 aliphatic rings. The average molecular weight is 206 g/mol. The number of rotatable bonds is 3. The Bertz CT molecular complexity index is 251. The summed E-state index contributed by atoms with van der Waals surface area (Å²) in [5, 5.41) is 4.91. The first-order chi connectivity index (χ1) is 6.01. The molecule has 0 radical (unpaired) electrons. The summed E-state index contributed by atoms with van der Waals surface area (Å²) in [6.45, 7) is 2.14. The van der Waals surface area contributed by atoms with Crippen LogP contribution in [0.4, 0.5) is 0 Å². The van der Waals surface area contributed by atoms with Gasteiger partial charge in [0.15, 0.2) is 0 Å². The highest BCUT2D eigenvalue weighted by Gasteiger charge is 2.22. The van der Waals surface area contributed by atoms with Crippen molar-refractivity contribution in [2.24, 2.45) is 11.1 Å². The molecule has 0 aliphatic heterocycles. The van der Waals surface area contributed by atoms with E-state index in [2.05, 4.69) is 11.6 Å². The second-order valence-corrected chi connectivity index (χ2v) is 5.13. The summed E-state index contributed by atoms with van der Waals surface area (Å²) < 4.78 is 24.0. The first-order valence-electron chi connectivity index (χ1n) is 4.81. The molecule has 0 amide bonds. The third-order valence-corrected chi connectivity index (χ3v) is 3.35. The Balaban J connectivity index is 2.43. The van der Waals surface area contributed by atoms with Crippen LogP contribution in [0.1, 0.15) is 39.0 Å². The van der Waals surface area contributed by atoms with E-state index in [9.17, 15) is 8.42 Å². The van der Waals surface area contributed by atoms with Gasteiger partial charge in [-0.15, -0.1) is 0 Å². The number of hydrogen-bond acceptors (Lipinski definition) is 2. The van der Waals surface area contributed by atoms with Crippen LogP contribution in [0.15, 0.2) is 0 Å². The lowest BCUT2D eigenvalue weighted by Gasteiger charge is -2.28. The molecule has 3 N–H and O–H groups in total. The lowest BCUT2D eigenvalue weighted by Crippen LogP contribution is -2.41. The van der Waals surface area contributed by atoms with Crippen molar-refractivity contribution in [1.82, 2.24) is 4.72 Å². The predicted octanol–water partition coefficient (Wildman–Crippen LogP) is 0.748. The first kappa shape index (κ1) is 10.9. The molecule has 13 heavy (non-hydrogen) atoms. The van der Waals surface area contributed by atoms with E-state index in [1.54, 1.807) is 0 Å². The molecule has 0 saturated heterocycles. The van der Waals surface area contributed by atoms with Crippen LogP contribution < -0.4 is 9.86 Å². The van der Waals surface area contributed by atoms with Crippen LogP contribution in [-0.4, -0.2) is 14.5 Å². The zero-order valence-corrected chi connectivity index (χ0v) is 8.81. The molecule has 0 aromatic carbocycles. The van der Waals surface area contributed by atoms with Gasteiger partial charge < -0.3 is 0 Å². The quantitative estimate of drug-likeness (QED) is 0.715. The normalized spacial score (nSPS) is 30.3. The van der Waals surface area contributed by atoms with Gasteiger partial charge in [0.1, 0.15) is 0 Å². The van der Waals surface area contributed by atoms with Gasteiger partial charge in [-0.05, 0) is 18.8 Å². The lowest BCUT2D eigenvalue weighted by molar-refractivity contribution is 0.301. The maximum Gasteiger partial charge on any atom is 0.274 e. The number of hydrogen-bond donors (Lipinski definition) is 2. The second kappa shape index (κ2) is 4.39. The van der Waals surface area contributed by atoms with Gasteiger partial charge in [-0.1, -0.05) is 26.2 Å². The minimum Gasteiger partial charge on any atom is -0.216 e. The lowest BCUT2D eigenvalue weighted by atomic mass is 9.85. The maximum atomic E-state index is 10.8. The summed E-state index contributed by atoms with van der Waals surface area (Å²) in [6, 6.07) is 0.0636. The van der Waals surface area contributed by atoms with Crippen molar-refractivity contribution in [3.63, 3.8) is 0 Å². The van der Waals surface area contributed by atoms with Gasteiger partial charge in [-0.25, -0.2) is 5.14 Å². The Morgan fingerprint density at radius 2 is 2.15 bits per heavy atom. The van der Waals surface area contributed by atoms with Crippen LogP contribution in [0.25, 0.3) is 0 Å². The van der Waals surface area contributed by atoms with Crippen LogP contribution in [0.3, 0.4) is 0 Å². The summed E-state index contributed by atoms with van der Waals surface area (Å²) in [5.74, 6) is 0.660. The van der Waals surface area contributed by atoms with Crippen molar-refractivity contribution in [3.8, 4) is 0 Å². The zero-order chi connectivity index (χ0) is 9.90. The zero-order valence-electron chi connectivity index (χ0n) is 7.99. The van der Waals surface area contributed by atoms with E-state index in [-0.39, 0.29) is 6.04 Å². The van der Waals surface area contributed by atoms with Crippen molar-refractivity contribution in [3.05, 3.63) is 0 Å². The Morgan fingerprint density at radius 3 is 2.69 bits per heavy atom. The SMILES string of the molecule is CCC1CCCC(NS(N)(=O)=O)C1. The average Bonchev–Trinajstić information content (AvgIpc) is 2.01. The molecule has 0 bridgehead atoms. The van der Waals surface area contributed by atoms with Crippen LogP contribution in [-0.2, 0) is 10.2 Å².